The molecule has 9 nitrogen and oxygen atoms in total. The first kappa shape index (κ1) is 27.1. The van der Waals surface area contributed by atoms with Crippen LogP contribution in [0.5, 0.6) is 0 Å². The number of rotatable bonds is 4. The molecule has 1 fully saturated rings. The number of methoxy groups -OCH3 is 1. The summed E-state index contributed by atoms with van der Waals surface area (Å²) in [6, 6.07) is 3.08. The van der Waals surface area contributed by atoms with E-state index < -0.39 is 11.4 Å². The molecule has 208 valence electrons. The zero-order valence-electron chi connectivity index (χ0n) is 23.5. The first-order chi connectivity index (χ1) is 18.4. The third kappa shape index (κ3) is 5.34. The first-order valence-corrected chi connectivity index (χ1v) is 13.4. The molecule has 0 N–H and O–H groups in total. The summed E-state index contributed by atoms with van der Waals surface area (Å²) in [5.74, 6) is -0.493. The molecule has 0 saturated carbocycles. The molecule has 3 aromatic rings. The number of carbonyl (C=O) groups excluding carboxylic acids is 2. The molecule has 1 saturated heterocycles. The Morgan fingerprint density at radius 1 is 1.13 bits per heavy atom. The SMILES string of the molecule is COC[C@H]1Cc2nc(-c3cc(F)c4nc(C)cn4c3)cc(C)c2C(=O)N1C1CCN(C(=O)OC(C)(C)C)CC1. The molecule has 3 aromatic heterocycles. The number of halogens is 1. The largest absolute Gasteiger partial charge is 0.444 e. The van der Waals surface area contributed by atoms with Gasteiger partial charge in [-0.3, -0.25) is 9.78 Å². The molecule has 0 spiro atoms. The number of fused-ring (bicyclic) bond motifs is 2. The Morgan fingerprint density at radius 3 is 2.51 bits per heavy atom. The summed E-state index contributed by atoms with van der Waals surface area (Å²) in [7, 11) is 1.63. The van der Waals surface area contributed by atoms with Crippen LogP contribution in [0.3, 0.4) is 0 Å². The van der Waals surface area contributed by atoms with Gasteiger partial charge in [-0.1, -0.05) is 0 Å². The van der Waals surface area contributed by atoms with Gasteiger partial charge in [-0.15, -0.1) is 0 Å². The molecule has 0 unspecified atom stereocenters. The van der Waals surface area contributed by atoms with Crippen LogP contribution in [-0.2, 0) is 15.9 Å². The predicted molar refractivity (Wildman–Crippen MR) is 144 cm³/mol. The number of pyridine rings is 2. The minimum atomic E-state index is -0.553. The third-order valence-corrected chi connectivity index (χ3v) is 7.35. The van der Waals surface area contributed by atoms with Crippen LogP contribution in [0.15, 0.2) is 24.5 Å². The number of likely N-dealkylation sites (tertiary alicyclic amines) is 1. The van der Waals surface area contributed by atoms with Gasteiger partial charge < -0.3 is 23.7 Å². The number of hydrogen-bond donors (Lipinski definition) is 0. The highest BCUT2D eigenvalue weighted by atomic mass is 19.1. The van der Waals surface area contributed by atoms with Gasteiger partial charge in [-0.25, -0.2) is 14.2 Å². The third-order valence-electron chi connectivity index (χ3n) is 7.35. The van der Waals surface area contributed by atoms with Crippen LogP contribution in [0, 0.1) is 19.7 Å². The van der Waals surface area contributed by atoms with Crippen LogP contribution in [-0.4, -0.2) is 80.7 Å². The standard InChI is InChI=1S/C29H36FN5O4/c1-17-11-23(19-12-22(30)26-31-18(2)14-34(26)15-19)32-24-13-21(16-38-6)35(27(36)25(17)24)20-7-9-33(10-8-20)28(37)39-29(3,4)5/h11-12,14-15,20-21H,7-10,13,16H2,1-6H3/t21-/m1/s1. The Hall–Kier alpha value is -3.53. The zero-order valence-corrected chi connectivity index (χ0v) is 23.5. The van der Waals surface area contributed by atoms with E-state index in [4.69, 9.17) is 14.5 Å². The molecule has 39 heavy (non-hydrogen) atoms. The quantitative estimate of drug-likeness (QED) is 0.485. The van der Waals surface area contributed by atoms with E-state index in [2.05, 4.69) is 4.98 Å². The van der Waals surface area contributed by atoms with Crippen molar-refractivity contribution in [2.45, 2.75) is 71.6 Å². The minimum absolute atomic E-state index is 0.0236. The Balaban J connectivity index is 1.41. The lowest BCUT2D eigenvalue weighted by atomic mass is 9.90. The molecule has 0 bridgehead atoms. The van der Waals surface area contributed by atoms with Crippen molar-refractivity contribution in [1.82, 2.24) is 24.2 Å². The number of imidazole rings is 1. The smallest absolute Gasteiger partial charge is 0.410 e. The van der Waals surface area contributed by atoms with Crippen LogP contribution < -0.4 is 0 Å². The second kappa shape index (κ2) is 10.2. The van der Waals surface area contributed by atoms with Crippen molar-refractivity contribution in [2.24, 2.45) is 0 Å². The molecule has 0 radical (unpaired) electrons. The number of amides is 2. The van der Waals surface area contributed by atoms with Crippen LogP contribution in [0.2, 0.25) is 0 Å². The Labute approximate surface area is 227 Å². The fraction of sp³-hybridized carbons (Fsp3) is 0.517. The summed E-state index contributed by atoms with van der Waals surface area (Å²) in [4.78, 5) is 39.2. The van der Waals surface area contributed by atoms with Crippen molar-refractivity contribution < 1.29 is 23.5 Å². The van der Waals surface area contributed by atoms with Gasteiger partial charge in [0.2, 0.25) is 0 Å². The Bertz CT molecular complexity index is 1420. The van der Waals surface area contributed by atoms with Gasteiger partial charge in [-0.2, -0.15) is 0 Å². The Kier molecular flexibility index (Phi) is 7.09. The molecule has 2 amide bonds. The van der Waals surface area contributed by atoms with Gasteiger partial charge >= 0.3 is 6.09 Å². The highest BCUT2D eigenvalue weighted by Crippen LogP contribution is 2.33. The van der Waals surface area contributed by atoms with E-state index in [1.54, 1.807) is 22.6 Å². The van der Waals surface area contributed by atoms with E-state index in [-0.39, 0.29) is 29.7 Å². The summed E-state index contributed by atoms with van der Waals surface area (Å²) in [6.45, 7) is 10.7. The molecule has 0 aromatic carbocycles. The van der Waals surface area contributed by atoms with Gasteiger partial charge in [0, 0.05) is 50.6 Å². The number of nitrogens with zero attached hydrogens (tertiary/aromatic N) is 5. The molecule has 2 aliphatic heterocycles. The average molecular weight is 538 g/mol. The second-order valence-electron chi connectivity index (χ2n) is 11.6. The van der Waals surface area contributed by atoms with E-state index in [9.17, 15) is 14.0 Å². The van der Waals surface area contributed by atoms with E-state index in [1.165, 1.54) is 6.07 Å². The van der Waals surface area contributed by atoms with Crippen molar-refractivity contribution >= 4 is 17.6 Å². The maximum Gasteiger partial charge on any atom is 0.410 e. The lowest BCUT2D eigenvalue weighted by Gasteiger charge is -2.44. The highest BCUT2D eigenvalue weighted by molar-refractivity contribution is 5.98. The molecule has 1 atom stereocenters. The number of piperidine rings is 1. The molecule has 5 heterocycles. The highest BCUT2D eigenvalue weighted by Gasteiger charge is 2.40. The van der Waals surface area contributed by atoms with E-state index in [0.717, 1.165) is 11.3 Å². The van der Waals surface area contributed by atoms with Crippen LogP contribution >= 0.6 is 0 Å². The summed E-state index contributed by atoms with van der Waals surface area (Å²) in [6.07, 6.45) is 5.12. The van der Waals surface area contributed by atoms with E-state index in [1.807, 2.05) is 51.8 Å². The van der Waals surface area contributed by atoms with Gasteiger partial charge in [0.15, 0.2) is 11.5 Å². The van der Waals surface area contributed by atoms with Crippen molar-refractivity contribution in [1.29, 1.82) is 0 Å². The molecule has 2 aliphatic rings. The number of aromatic nitrogens is 3. The Morgan fingerprint density at radius 2 is 1.85 bits per heavy atom. The molecular formula is C29H36FN5O4. The van der Waals surface area contributed by atoms with Crippen LogP contribution in [0.4, 0.5) is 9.18 Å². The number of ether oxygens (including phenoxy) is 2. The maximum atomic E-state index is 14.8. The predicted octanol–water partition coefficient (Wildman–Crippen LogP) is 4.57. The molecule has 0 aliphatic carbocycles. The van der Waals surface area contributed by atoms with Gasteiger partial charge in [0.1, 0.15) is 5.60 Å². The van der Waals surface area contributed by atoms with E-state index in [0.29, 0.717) is 61.5 Å². The minimum Gasteiger partial charge on any atom is -0.444 e. The lowest BCUT2D eigenvalue weighted by molar-refractivity contribution is 0.00451. The number of hydrogen-bond acceptors (Lipinski definition) is 6. The van der Waals surface area contributed by atoms with Crippen molar-refractivity contribution in [3.63, 3.8) is 0 Å². The number of carbonyl (C=O) groups is 2. The molecular weight excluding hydrogens is 501 g/mol. The normalized spacial score (nSPS) is 18.5. The van der Waals surface area contributed by atoms with Gasteiger partial charge in [-0.05, 0) is 65.2 Å². The maximum absolute atomic E-state index is 14.8. The summed E-state index contributed by atoms with van der Waals surface area (Å²) < 4.78 is 27.5. The molecule has 10 heteroatoms. The van der Waals surface area contributed by atoms with Gasteiger partial charge in [0.25, 0.3) is 5.91 Å². The second-order valence-corrected chi connectivity index (χ2v) is 11.6. The topological polar surface area (TPSA) is 89.3 Å². The molecule has 5 rings (SSSR count). The van der Waals surface area contributed by atoms with Crippen molar-refractivity contribution in [2.75, 3.05) is 26.8 Å². The fourth-order valence-corrected chi connectivity index (χ4v) is 5.71. The van der Waals surface area contributed by atoms with E-state index >= 15 is 0 Å². The van der Waals surface area contributed by atoms with Crippen LogP contribution in [0.1, 0.15) is 60.9 Å². The average Bonchev–Trinajstić information content (AvgIpc) is 3.24. The zero-order chi connectivity index (χ0) is 28.1. The van der Waals surface area contributed by atoms with Crippen molar-refractivity contribution in [3.05, 3.63) is 52.9 Å². The van der Waals surface area contributed by atoms with Gasteiger partial charge in [0.05, 0.1) is 35.3 Å². The lowest BCUT2D eigenvalue weighted by Crippen LogP contribution is -2.57. The summed E-state index contributed by atoms with van der Waals surface area (Å²) in [5.41, 5.74) is 3.78. The van der Waals surface area contributed by atoms with Crippen molar-refractivity contribution in [3.8, 4) is 11.3 Å². The summed E-state index contributed by atoms with van der Waals surface area (Å²) in [5, 5.41) is 0. The number of aryl methyl sites for hydroxylation is 2. The monoisotopic (exact) mass is 537 g/mol. The summed E-state index contributed by atoms with van der Waals surface area (Å²) >= 11 is 0. The van der Waals surface area contributed by atoms with Crippen LogP contribution in [0.25, 0.3) is 16.9 Å². The fourth-order valence-electron chi connectivity index (χ4n) is 5.71. The first-order valence-electron chi connectivity index (χ1n) is 13.4.